The summed E-state index contributed by atoms with van der Waals surface area (Å²) in [4.78, 5) is 16.8. The van der Waals surface area contributed by atoms with Gasteiger partial charge in [-0.05, 0) is 73.1 Å². The molecule has 0 saturated carbocycles. The lowest BCUT2D eigenvalue weighted by Gasteiger charge is -2.22. The first-order valence-electron chi connectivity index (χ1n) is 11.8. The van der Waals surface area contributed by atoms with Gasteiger partial charge in [-0.1, -0.05) is 30.3 Å². The van der Waals surface area contributed by atoms with Crippen LogP contribution in [0.4, 0.5) is 5.82 Å². The highest BCUT2D eigenvalue weighted by atomic mass is 32.1. The molecule has 2 aromatic heterocycles. The summed E-state index contributed by atoms with van der Waals surface area (Å²) in [7, 11) is 0. The number of nitrogen functional groups attached to an aromatic ring is 1. The fourth-order valence-corrected chi connectivity index (χ4v) is 5.38. The average molecular weight is 485 g/mol. The molecule has 1 fully saturated rings. The topological polar surface area (TPSA) is 89.3 Å². The number of pyridine rings is 1. The Morgan fingerprint density at radius 3 is 2.63 bits per heavy atom. The van der Waals surface area contributed by atoms with E-state index < -0.39 is 0 Å². The number of benzene rings is 2. The smallest absolute Gasteiger partial charge is 0.244 e. The van der Waals surface area contributed by atoms with Crippen molar-refractivity contribution >= 4 is 39.2 Å². The minimum atomic E-state index is -0.0840. The minimum Gasteiger partial charge on any atom is -0.457 e. The van der Waals surface area contributed by atoms with Crippen LogP contribution in [0.15, 0.2) is 72.3 Å². The van der Waals surface area contributed by atoms with Crippen LogP contribution in [0.25, 0.3) is 27.3 Å². The summed E-state index contributed by atoms with van der Waals surface area (Å²) < 4.78 is 6.92. The van der Waals surface area contributed by atoms with Gasteiger partial charge in [0.2, 0.25) is 5.91 Å². The maximum absolute atomic E-state index is 12.4. The van der Waals surface area contributed by atoms with Crippen LogP contribution < -0.4 is 21.1 Å². The van der Waals surface area contributed by atoms with Crippen molar-refractivity contribution < 1.29 is 9.53 Å². The summed E-state index contributed by atoms with van der Waals surface area (Å²) >= 11 is 1.60. The molecule has 0 radical (unpaired) electrons. The van der Waals surface area contributed by atoms with Gasteiger partial charge in [0.25, 0.3) is 0 Å². The molecule has 0 unspecified atom stereocenters. The van der Waals surface area contributed by atoms with E-state index in [-0.39, 0.29) is 5.91 Å². The van der Waals surface area contributed by atoms with E-state index in [1.54, 1.807) is 23.6 Å². The van der Waals surface area contributed by atoms with Gasteiger partial charge in [0, 0.05) is 40.0 Å². The lowest BCUT2D eigenvalue weighted by molar-refractivity contribution is -0.116. The summed E-state index contributed by atoms with van der Waals surface area (Å²) in [6.45, 7) is 2.76. The molecule has 0 aliphatic carbocycles. The Hall–Kier alpha value is -3.68. The molecule has 6 nitrogen and oxygen atoms in total. The predicted octanol–water partition coefficient (Wildman–Crippen LogP) is 5.47. The highest BCUT2D eigenvalue weighted by Crippen LogP contribution is 2.39. The maximum Gasteiger partial charge on any atom is 0.244 e. The van der Waals surface area contributed by atoms with Crippen LogP contribution in [0.5, 0.6) is 11.5 Å². The van der Waals surface area contributed by atoms with Crippen molar-refractivity contribution in [3.05, 3.63) is 77.8 Å². The lowest BCUT2D eigenvalue weighted by Crippen LogP contribution is -2.35. The fraction of sp³-hybridized carbons (Fsp3) is 0.214. The molecule has 1 amide bonds. The van der Waals surface area contributed by atoms with Crippen LogP contribution in [-0.2, 0) is 4.79 Å². The molecule has 35 heavy (non-hydrogen) atoms. The number of fused-ring (bicyclic) bond motifs is 1. The van der Waals surface area contributed by atoms with Gasteiger partial charge in [-0.2, -0.15) is 0 Å². The molecule has 0 atom stereocenters. The number of nitrogens with two attached hydrogens (primary N) is 1. The Bertz CT molecular complexity index is 1330. The second kappa shape index (κ2) is 10.7. The van der Waals surface area contributed by atoms with Crippen molar-refractivity contribution in [1.29, 1.82) is 0 Å². The molecule has 3 heterocycles. The van der Waals surface area contributed by atoms with Crippen molar-refractivity contribution in [2.45, 2.75) is 12.8 Å². The van der Waals surface area contributed by atoms with Gasteiger partial charge >= 0.3 is 0 Å². The number of nitrogens with one attached hydrogen (secondary N) is 2. The summed E-state index contributed by atoms with van der Waals surface area (Å²) in [6, 6.07) is 17.7. The third-order valence-corrected chi connectivity index (χ3v) is 7.26. The molecule has 0 spiro atoms. The number of rotatable bonds is 7. The molecule has 1 aliphatic heterocycles. The number of anilines is 1. The number of para-hydroxylation sites is 1. The van der Waals surface area contributed by atoms with Crippen molar-refractivity contribution in [3.63, 3.8) is 0 Å². The van der Waals surface area contributed by atoms with Crippen LogP contribution in [0, 0.1) is 5.92 Å². The molecule has 0 bridgehead atoms. The van der Waals surface area contributed by atoms with Gasteiger partial charge in [0.15, 0.2) is 0 Å². The van der Waals surface area contributed by atoms with Gasteiger partial charge < -0.3 is 21.1 Å². The Kier molecular flexibility index (Phi) is 7.07. The van der Waals surface area contributed by atoms with Crippen LogP contribution in [0.3, 0.4) is 0 Å². The van der Waals surface area contributed by atoms with Gasteiger partial charge in [0.1, 0.15) is 17.3 Å². The SMILES string of the molecule is Nc1ncc(/C=C/C(=O)NCC2CCNCC2)c2scc(-c3ccc(Oc4ccccc4)cc3)c12. The quantitative estimate of drug-likeness (QED) is 0.303. The molecular weight excluding hydrogens is 456 g/mol. The van der Waals surface area contributed by atoms with Crippen LogP contribution in [0.1, 0.15) is 18.4 Å². The van der Waals surface area contributed by atoms with E-state index >= 15 is 0 Å². The highest BCUT2D eigenvalue weighted by molar-refractivity contribution is 7.18. The normalized spacial score (nSPS) is 14.4. The zero-order chi connectivity index (χ0) is 24.0. The van der Waals surface area contributed by atoms with Crippen molar-refractivity contribution in [2.75, 3.05) is 25.4 Å². The largest absolute Gasteiger partial charge is 0.457 e. The Morgan fingerprint density at radius 2 is 1.86 bits per heavy atom. The third kappa shape index (κ3) is 5.53. The van der Waals surface area contributed by atoms with Crippen molar-refractivity contribution in [2.24, 2.45) is 5.92 Å². The van der Waals surface area contributed by atoms with Gasteiger partial charge in [-0.3, -0.25) is 4.79 Å². The van der Waals surface area contributed by atoms with Gasteiger partial charge in [-0.25, -0.2) is 4.98 Å². The zero-order valence-corrected chi connectivity index (χ0v) is 20.2. The molecule has 5 rings (SSSR count). The Balaban J connectivity index is 1.32. The highest BCUT2D eigenvalue weighted by Gasteiger charge is 2.15. The monoisotopic (exact) mass is 484 g/mol. The minimum absolute atomic E-state index is 0.0840. The summed E-state index contributed by atoms with van der Waals surface area (Å²) in [6.07, 6.45) is 7.34. The fourth-order valence-electron chi connectivity index (χ4n) is 4.30. The van der Waals surface area contributed by atoms with Gasteiger partial charge in [-0.15, -0.1) is 11.3 Å². The molecule has 4 N–H and O–H groups in total. The van der Waals surface area contributed by atoms with E-state index in [9.17, 15) is 4.79 Å². The second-order valence-electron chi connectivity index (χ2n) is 8.66. The van der Waals surface area contributed by atoms with Crippen LogP contribution in [0.2, 0.25) is 0 Å². The number of piperidine rings is 1. The number of hydrogen-bond acceptors (Lipinski definition) is 6. The number of carbonyl (C=O) groups excluding carboxylic acids is 1. The number of amides is 1. The van der Waals surface area contributed by atoms with Crippen LogP contribution >= 0.6 is 11.3 Å². The lowest BCUT2D eigenvalue weighted by atomic mass is 9.98. The zero-order valence-electron chi connectivity index (χ0n) is 19.4. The predicted molar refractivity (Wildman–Crippen MR) is 144 cm³/mol. The number of carbonyl (C=O) groups is 1. The Labute approximate surface area is 208 Å². The number of hydrogen-bond donors (Lipinski definition) is 3. The second-order valence-corrected chi connectivity index (χ2v) is 9.54. The van der Waals surface area contributed by atoms with E-state index in [1.807, 2.05) is 60.7 Å². The average Bonchev–Trinajstić information content (AvgIpc) is 3.35. The Morgan fingerprint density at radius 1 is 1.11 bits per heavy atom. The number of ether oxygens (including phenoxy) is 1. The van der Waals surface area contributed by atoms with Crippen molar-refractivity contribution in [1.82, 2.24) is 15.6 Å². The first-order valence-corrected chi connectivity index (χ1v) is 12.7. The third-order valence-electron chi connectivity index (χ3n) is 6.23. The number of thiophene rings is 1. The van der Waals surface area contributed by atoms with Gasteiger partial charge in [0.05, 0.1) is 0 Å². The molecular formula is C28H28N4O2S. The molecule has 2 aromatic carbocycles. The number of nitrogens with zero attached hydrogens (tertiary/aromatic N) is 1. The molecule has 1 aliphatic rings. The molecule has 7 heteroatoms. The molecule has 178 valence electrons. The first kappa shape index (κ1) is 23.1. The maximum atomic E-state index is 12.4. The van der Waals surface area contributed by atoms with E-state index in [4.69, 9.17) is 10.5 Å². The summed E-state index contributed by atoms with van der Waals surface area (Å²) in [5.41, 5.74) is 9.22. The van der Waals surface area contributed by atoms with Crippen LogP contribution in [-0.4, -0.2) is 30.5 Å². The van der Waals surface area contributed by atoms with E-state index in [1.165, 1.54) is 0 Å². The standard InChI is InChI=1S/C28H28N4O2S/c29-28-26-24(20-6-9-23(10-7-20)34-22-4-2-1-3-5-22)18-35-27(26)21(17-32-28)8-11-25(33)31-16-19-12-14-30-15-13-19/h1-11,17-19,30H,12-16H2,(H2,29,32)(H,31,33)/b11-8+. The summed E-state index contributed by atoms with van der Waals surface area (Å²) in [5.74, 6) is 2.51. The summed E-state index contributed by atoms with van der Waals surface area (Å²) in [5, 5.41) is 9.37. The van der Waals surface area contributed by atoms with E-state index in [0.29, 0.717) is 18.3 Å². The van der Waals surface area contributed by atoms with E-state index in [0.717, 1.165) is 64.2 Å². The molecule has 4 aromatic rings. The van der Waals surface area contributed by atoms with E-state index in [2.05, 4.69) is 21.0 Å². The van der Waals surface area contributed by atoms with Crippen molar-refractivity contribution in [3.8, 4) is 22.6 Å². The first-order chi connectivity index (χ1) is 17.2. The number of aromatic nitrogens is 1. The molecule has 1 saturated heterocycles.